The third kappa shape index (κ3) is 2.71. The Labute approximate surface area is 137 Å². The van der Waals surface area contributed by atoms with Crippen LogP contribution in [0.1, 0.15) is 28.3 Å². The van der Waals surface area contributed by atoms with Crippen molar-refractivity contribution in [1.29, 1.82) is 0 Å². The molecule has 4 rings (SSSR count). The van der Waals surface area contributed by atoms with Crippen molar-refractivity contribution < 1.29 is 22.6 Å². The second-order valence-corrected chi connectivity index (χ2v) is 5.96. The lowest BCUT2D eigenvalue weighted by molar-refractivity contribution is -0.137. The highest BCUT2D eigenvalue weighted by molar-refractivity contribution is 5.52. The van der Waals surface area contributed by atoms with Crippen molar-refractivity contribution in [3.8, 4) is 11.5 Å². The van der Waals surface area contributed by atoms with Crippen molar-refractivity contribution in [3.63, 3.8) is 0 Å². The molecule has 1 unspecified atom stereocenters. The molecule has 0 spiro atoms. The van der Waals surface area contributed by atoms with Crippen LogP contribution in [0, 0.1) is 0 Å². The Morgan fingerprint density at radius 1 is 1.00 bits per heavy atom. The monoisotopic (exact) mass is 335 g/mol. The lowest BCUT2D eigenvalue weighted by Crippen LogP contribution is -2.31. The summed E-state index contributed by atoms with van der Waals surface area (Å²) in [6.45, 7) is 1.70. The average molecular weight is 335 g/mol. The Hall–Kier alpha value is -2.21. The first-order valence-electron chi connectivity index (χ1n) is 7.85. The van der Waals surface area contributed by atoms with Gasteiger partial charge in [0.2, 0.25) is 0 Å². The molecule has 0 aliphatic carbocycles. The van der Waals surface area contributed by atoms with Crippen LogP contribution in [-0.4, -0.2) is 19.8 Å². The molecule has 0 radical (unpaired) electrons. The van der Waals surface area contributed by atoms with Crippen molar-refractivity contribution in [2.75, 3.05) is 19.8 Å². The first-order valence-corrected chi connectivity index (χ1v) is 7.85. The maximum atomic E-state index is 13.0. The lowest BCUT2D eigenvalue weighted by Gasteiger charge is -2.30. The van der Waals surface area contributed by atoms with E-state index in [9.17, 15) is 13.2 Å². The van der Waals surface area contributed by atoms with E-state index >= 15 is 0 Å². The molecule has 0 aromatic heterocycles. The zero-order chi connectivity index (χ0) is 16.7. The molecule has 2 aliphatic heterocycles. The second kappa shape index (κ2) is 5.70. The van der Waals surface area contributed by atoms with Crippen molar-refractivity contribution in [1.82, 2.24) is 5.32 Å². The van der Waals surface area contributed by atoms with Gasteiger partial charge in [0, 0.05) is 6.54 Å². The van der Waals surface area contributed by atoms with Gasteiger partial charge in [0.05, 0.1) is 11.6 Å². The van der Waals surface area contributed by atoms with Crippen LogP contribution in [0.15, 0.2) is 36.4 Å². The summed E-state index contributed by atoms with van der Waals surface area (Å²) in [5.74, 6) is 1.37. The molecular weight excluding hydrogens is 319 g/mol. The molecule has 2 aromatic rings. The number of alkyl halides is 3. The molecule has 1 atom stereocenters. The molecule has 2 heterocycles. The Balaban J connectivity index is 1.77. The summed E-state index contributed by atoms with van der Waals surface area (Å²) in [6.07, 6.45) is -3.54. The van der Waals surface area contributed by atoms with Crippen LogP contribution in [0.2, 0.25) is 0 Å². The normalized spacial score (nSPS) is 19.7. The maximum absolute atomic E-state index is 13.0. The van der Waals surface area contributed by atoms with Crippen LogP contribution in [0.25, 0.3) is 0 Å². The fourth-order valence-corrected chi connectivity index (χ4v) is 3.28. The number of fused-ring (bicyclic) bond motifs is 2. The van der Waals surface area contributed by atoms with Crippen LogP contribution in [0.4, 0.5) is 13.2 Å². The van der Waals surface area contributed by atoms with E-state index in [0.717, 1.165) is 23.6 Å². The summed E-state index contributed by atoms with van der Waals surface area (Å²) in [6, 6.07) is 9.03. The van der Waals surface area contributed by atoms with Crippen LogP contribution >= 0.6 is 0 Å². The lowest BCUT2D eigenvalue weighted by atomic mass is 9.88. The van der Waals surface area contributed by atoms with Gasteiger partial charge in [-0.1, -0.05) is 12.1 Å². The highest BCUT2D eigenvalue weighted by Gasteiger charge is 2.32. The van der Waals surface area contributed by atoms with Crippen LogP contribution in [-0.2, 0) is 12.6 Å². The number of nitrogens with one attached hydrogen (secondary N) is 1. The molecule has 0 amide bonds. The van der Waals surface area contributed by atoms with Gasteiger partial charge in [-0.15, -0.1) is 0 Å². The summed E-state index contributed by atoms with van der Waals surface area (Å²) in [4.78, 5) is 0. The molecule has 6 heteroatoms. The van der Waals surface area contributed by atoms with Gasteiger partial charge in [-0.3, -0.25) is 0 Å². The first kappa shape index (κ1) is 15.3. The predicted octanol–water partition coefficient (Wildman–Crippen LogP) is 3.71. The van der Waals surface area contributed by atoms with Gasteiger partial charge in [0.1, 0.15) is 13.2 Å². The molecule has 0 bridgehead atoms. The quantitative estimate of drug-likeness (QED) is 0.862. The molecule has 1 N–H and O–H groups in total. The van der Waals surface area contributed by atoms with Crippen LogP contribution in [0.5, 0.6) is 11.5 Å². The summed E-state index contributed by atoms with van der Waals surface area (Å²) in [5, 5.41) is 3.31. The fourth-order valence-electron chi connectivity index (χ4n) is 3.28. The largest absolute Gasteiger partial charge is 0.486 e. The van der Waals surface area contributed by atoms with E-state index in [2.05, 4.69) is 5.32 Å². The van der Waals surface area contributed by atoms with E-state index in [4.69, 9.17) is 9.47 Å². The SMILES string of the molecule is FC(F)(F)c1cccc(C2NCCc3cc4c(cc32)OCCO4)c1. The van der Waals surface area contributed by atoms with Crippen molar-refractivity contribution >= 4 is 0 Å². The number of hydrogen-bond acceptors (Lipinski definition) is 3. The molecular formula is C18H16F3NO2. The van der Waals surface area contributed by atoms with E-state index in [0.29, 0.717) is 36.8 Å². The minimum absolute atomic E-state index is 0.285. The van der Waals surface area contributed by atoms with E-state index in [1.54, 1.807) is 6.07 Å². The van der Waals surface area contributed by atoms with E-state index in [-0.39, 0.29) is 6.04 Å². The summed E-state index contributed by atoms with van der Waals surface area (Å²) in [7, 11) is 0. The van der Waals surface area contributed by atoms with Gasteiger partial charge in [-0.25, -0.2) is 0 Å². The molecule has 0 saturated carbocycles. The van der Waals surface area contributed by atoms with E-state index in [1.807, 2.05) is 12.1 Å². The topological polar surface area (TPSA) is 30.5 Å². The number of halogens is 3. The third-order valence-corrected chi connectivity index (χ3v) is 4.41. The minimum atomic E-state index is -4.35. The summed E-state index contributed by atoms with van der Waals surface area (Å²) >= 11 is 0. The molecule has 2 aliphatic rings. The number of benzene rings is 2. The highest BCUT2D eigenvalue weighted by Crippen LogP contribution is 2.39. The Morgan fingerprint density at radius 2 is 1.75 bits per heavy atom. The first-order chi connectivity index (χ1) is 11.5. The third-order valence-electron chi connectivity index (χ3n) is 4.41. The number of hydrogen-bond donors (Lipinski definition) is 1. The Morgan fingerprint density at radius 3 is 2.50 bits per heavy atom. The van der Waals surface area contributed by atoms with Crippen molar-refractivity contribution in [2.45, 2.75) is 18.6 Å². The fraction of sp³-hybridized carbons (Fsp3) is 0.333. The van der Waals surface area contributed by atoms with Gasteiger partial charge in [-0.05, 0) is 47.4 Å². The summed E-state index contributed by atoms with van der Waals surface area (Å²) < 4.78 is 50.2. The zero-order valence-electron chi connectivity index (χ0n) is 12.8. The smallest absolute Gasteiger partial charge is 0.416 e. The molecule has 2 aromatic carbocycles. The van der Waals surface area contributed by atoms with Crippen LogP contribution in [0.3, 0.4) is 0 Å². The number of ether oxygens (including phenoxy) is 2. The predicted molar refractivity (Wildman–Crippen MR) is 82.4 cm³/mol. The van der Waals surface area contributed by atoms with Crippen LogP contribution < -0.4 is 14.8 Å². The van der Waals surface area contributed by atoms with Gasteiger partial charge in [0.25, 0.3) is 0 Å². The molecule has 24 heavy (non-hydrogen) atoms. The molecule has 3 nitrogen and oxygen atoms in total. The Bertz CT molecular complexity index is 773. The molecule has 0 saturated heterocycles. The van der Waals surface area contributed by atoms with Crippen molar-refractivity contribution in [2.24, 2.45) is 0 Å². The standard InChI is InChI=1S/C18H16F3NO2/c19-18(20,21)13-3-1-2-12(8-13)17-14-10-16-15(23-6-7-24-16)9-11(14)4-5-22-17/h1-3,8-10,17,22H,4-7H2. The Kier molecular flexibility index (Phi) is 3.64. The molecule has 0 fully saturated rings. The van der Waals surface area contributed by atoms with E-state index in [1.165, 1.54) is 12.1 Å². The highest BCUT2D eigenvalue weighted by atomic mass is 19.4. The summed E-state index contributed by atoms with van der Waals surface area (Å²) in [5.41, 5.74) is 2.00. The van der Waals surface area contributed by atoms with Gasteiger partial charge in [0.15, 0.2) is 11.5 Å². The van der Waals surface area contributed by atoms with Gasteiger partial charge < -0.3 is 14.8 Å². The second-order valence-electron chi connectivity index (χ2n) is 5.96. The minimum Gasteiger partial charge on any atom is -0.486 e. The van der Waals surface area contributed by atoms with Gasteiger partial charge >= 0.3 is 6.18 Å². The van der Waals surface area contributed by atoms with Crippen molar-refractivity contribution in [3.05, 3.63) is 58.7 Å². The molecule has 126 valence electrons. The maximum Gasteiger partial charge on any atom is 0.416 e. The van der Waals surface area contributed by atoms with E-state index < -0.39 is 11.7 Å². The zero-order valence-corrected chi connectivity index (χ0v) is 12.8. The van der Waals surface area contributed by atoms with Gasteiger partial charge in [-0.2, -0.15) is 13.2 Å². The average Bonchev–Trinajstić information content (AvgIpc) is 2.59. The number of rotatable bonds is 1.